The van der Waals surface area contributed by atoms with E-state index in [1.165, 1.54) is 25.0 Å². The van der Waals surface area contributed by atoms with Crippen LogP contribution in [0.25, 0.3) is 0 Å². The third kappa shape index (κ3) is 6.46. The minimum atomic E-state index is 0.435. The maximum atomic E-state index is 12.0. The minimum absolute atomic E-state index is 0.435. The lowest BCUT2D eigenvalue weighted by Gasteiger charge is -2.23. The molecule has 1 fully saturated rings. The van der Waals surface area contributed by atoms with Gasteiger partial charge in [0.15, 0.2) is 0 Å². The van der Waals surface area contributed by atoms with E-state index in [0.29, 0.717) is 17.7 Å². The van der Waals surface area contributed by atoms with Crippen LogP contribution >= 0.6 is 11.8 Å². The summed E-state index contributed by atoms with van der Waals surface area (Å²) in [4.78, 5) is 12.0. The van der Waals surface area contributed by atoms with Crippen LogP contribution in [-0.2, 0) is 4.79 Å². The number of nitrogens with one attached hydrogen (secondary N) is 1. The highest BCUT2D eigenvalue weighted by atomic mass is 32.2. The van der Waals surface area contributed by atoms with Crippen molar-refractivity contribution in [3.63, 3.8) is 0 Å². The van der Waals surface area contributed by atoms with Crippen molar-refractivity contribution in [1.82, 2.24) is 5.32 Å². The molecule has 0 aromatic carbocycles. The number of Topliss-reactive ketones (excluding diaryl/α,β-unsaturated/α-hetero) is 1. The van der Waals surface area contributed by atoms with Crippen LogP contribution in [-0.4, -0.2) is 29.9 Å². The molecule has 100 valence electrons. The van der Waals surface area contributed by atoms with Crippen molar-refractivity contribution < 1.29 is 4.79 Å². The molecule has 0 radical (unpaired) electrons. The van der Waals surface area contributed by atoms with E-state index in [-0.39, 0.29) is 0 Å². The van der Waals surface area contributed by atoms with Crippen molar-refractivity contribution in [2.24, 2.45) is 5.92 Å². The molecule has 0 bridgehead atoms. The molecule has 2 unspecified atom stereocenters. The number of hydrogen-bond donors (Lipinski definition) is 1. The number of unbranched alkanes of at least 4 members (excludes halogenated alkanes) is 1. The average molecular weight is 257 g/mol. The first kappa shape index (κ1) is 15.0. The molecule has 0 spiro atoms. The molecule has 1 rings (SSSR count). The molecule has 2 nitrogen and oxygen atoms in total. The second kappa shape index (κ2) is 8.98. The van der Waals surface area contributed by atoms with E-state index in [2.05, 4.69) is 19.2 Å². The third-order valence-electron chi connectivity index (χ3n) is 3.53. The smallest absolute Gasteiger partial charge is 0.134 e. The van der Waals surface area contributed by atoms with E-state index >= 15 is 0 Å². The van der Waals surface area contributed by atoms with Crippen LogP contribution in [0, 0.1) is 5.92 Å². The highest BCUT2D eigenvalue weighted by molar-refractivity contribution is 7.99. The van der Waals surface area contributed by atoms with Gasteiger partial charge in [0, 0.05) is 36.9 Å². The van der Waals surface area contributed by atoms with Crippen LogP contribution in [0.2, 0.25) is 0 Å². The highest BCUT2D eigenvalue weighted by Crippen LogP contribution is 2.19. The predicted octanol–water partition coefficient (Wildman–Crippen LogP) is 3.26. The normalized spacial score (nSPS) is 22.4. The average Bonchev–Trinajstić information content (AvgIpc) is 2.35. The first-order valence-electron chi connectivity index (χ1n) is 7.09. The second-order valence-corrected chi connectivity index (χ2v) is 6.24. The van der Waals surface area contributed by atoms with E-state index in [9.17, 15) is 4.79 Å². The fourth-order valence-electron chi connectivity index (χ4n) is 2.37. The summed E-state index contributed by atoms with van der Waals surface area (Å²) in [6.07, 6.45) is 6.44. The number of carbonyl (C=O) groups is 1. The summed E-state index contributed by atoms with van der Waals surface area (Å²) in [6, 6.07) is 0.435. The molecule has 0 saturated carbocycles. The summed E-state index contributed by atoms with van der Waals surface area (Å²) >= 11 is 1.97. The van der Waals surface area contributed by atoms with Crippen molar-refractivity contribution in [2.75, 3.05) is 18.1 Å². The van der Waals surface area contributed by atoms with Gasteiger partial charge < -0.3 is 5.32 Å². The zero-order chi connectivity index (χ0) is 12.5. The van der Waals surface area contributed by atoms with Gasteiger partial charge in [-0.3, -0.25) is 4.79 Å². The molecule has 1 aliphatic heterocycles. The van der Waals surface area contributed by atoms with Gasteiger partial charge in [-0.15, -0.1) is 0 Å². The van der Waals surface area contributed by atoms with Crippen LogP contribution < -0.4 is 5.32 Å². The molecular weight excluding hydrogens is 230 g/mol. The van der Waals surface area contributed by atoms with Gasteiger partial charge in [0.05, 0.1) is 0 Å². The van der Waals surface area contributed by atoms with Crippen LogP contribution in [0.3, 0.4) is 0 Å². The van der Waals surface area contributed by atoms with Gasteiger partial charge in [0.25, 0.3) is 0 Å². The molecule has 17 heavy (non-hydrogen) atoms. The van der Waals surface area contributed by atoms with Crippen molar-refractivity contribution in [2.45, 2.75) is 58.4 Å². The Labute approximate surface area is 110 Å². The number of ketones is 1. The van der Waals surface area contributed by atoms with Crippen molar-refractivity contribution in [3.8, 4) is 0 Å². The Hall–Kier alpha value is -0.0200. The summed E-state index contributed by atoms with van der Waals surface area (Å²) in [5.74, 6) is 3.39. The molecule has 2 atom stereocenters. The largest absolute Gasteiger partial charge is 0.312 e. The minimum Gasteiger partial charge on any atom is -0.312 e. The van der Waals surface area contributed by atoms with Crippen LogP contribution in [0.5, 0.6) is 0 Å². The maximum Gasteiger partial charge on any atom is 0.134 e. The predicted molar refractivity (Wildman–Crippen MR) is 76.7 cm³/mol. The fourth-order valence-corrected chi connectivity index (χ4v) is 3.32. The number of thioether (sulfide) groups is 1. The third-order valence-corrected chi connectivity index (χ3v) is 4.66. The van der Waals surface area contributed by atoms with Crippen molar-refractivity contribution in [3.05, 3.63) is 0 Å². The number of rotatable bonds is 8. The molecule has 0 aliphatic carbocycles. The first-order chi connectivity index (χ1) is 8.26. The first-order valence-corrected chi connectivity index (χ1v) is 8.24. The summed E-state index contributed by atoms with van der Waals surface area (Å²) in [5, 5.41) is 3.44. The Balaban J connectivity index is 2.21. The number of carbonyl (C=O) groups excluding carboxylic acids is 1. The highest BCUT2D eigenvalue weighted by Gasteiger charge is 2.18. The monoisotopic (exact) mass is 257 g/mol. The molecule has 1 aliphatic rings. The molecule has 0 aromatic rings. The second-order valence-electron chi connectivity index (χ2n) is 5.09. The molecule has 1 heterocycles. The van der Waals surface area contributed by atoms with Crippen molar-refractivity contribution >= 4 is 17.5 Å². The van der Waals surface area contributed by atoms with Gasteiger partial charge in [-0.2, -0.15) is 11.8 Å². The van der Waals surface area contributed by atoms with Gasteiger partial charge in [-0.25, -0.2) is 0 Å². The van der Waals surface area contributed by atoms with E-state index in [1.807, 2.05) is 11.8 Å². The molecule has 0 aromatic heterocycles. The van der Waals surface area contributed by atoms with E-state index in [0.717, 1.165) is 31.6 Å². The quantitative estimate of drug-likeness (QED) is 0.723. The topological polar surface area (TPSA) is 29.1 Å². The maximum absolute atomic E-state index is 12.0. The molecular formula is C14H27NOS. The van der Waals surface area contributed by atoms with Crippen molar-refractivity contribution in [1.29, 1.82) is 0 Å². The SMILES string of the molecule is CCCCC(CC)CC(=O)CC1CSCCN1. The van der Waals surface area contributed by atoms with Gasteiger partial charge in [0.2, 0.25) is 0 Å². The molecule has 1 saturated heterocycles. The number of hydrogen-bond acceptors (Lipinski definition) is 3. The van der Waals surface area contributed by atoms with Crippen LogP contribution in [0.1, 0.15) is 52.4 Å². The van der Waals surface area contributed by atoms with Gasteiger partial charge in [-0.1, -0.05) is 39.5 Å². The van der Waals surface area contributed by atoms with Crippen LogP contribution in [0.4, 0.5) is 0 Å². The van der Waals surface area contributed by atoms with Gasteiger partial charge in [-0.05, 0) is 5.92 Å². The Kier molecular flexibility index (Phi) is 7.95. The fraction of sp³-hybridized carbons (Fsp3) is 0.929. The van der Waals surface area contributed by atoms with E-state index in [4.69, 9.17) is 0 Å². The van der Waals surface area contributed by atoms with Crippen LogP contribution in [0.15, 0.2) is 0 Å². The lowest BCUT2D eigenvalue weighted by molar-refractivity contribution is -0.120. The van der Waals surface area contributed by atoms with E-state index < -0.39 is 0 Å². The Morgan fingerprint density at radius 2 is 2.29 bits per heavy atom. The van der Waals surface area contributed by atoms with Gasteiger partial charge >= 0.3 is 0 Å². The van der Waals surface area contributed by atoms with E-state index in [1.54, 1.807) is 0 Å². The Morgan fingerprint density at radius 3 is 2.88 bits per heavy atom. The lowest BCUT2D eigenvalue weighted by atomic mass is 9.92. The lowest BCUT2D eigenvalue weighted by Crippen LogP contribution is -2.39. The molecule has 1 N–H and O–H groups in total. The molecule has 3 heteroatoms. The Morgan fingerprint density at radius 1 is 1.47 bits per heavy atom. The summed E-state index contributed by atoms with van der Waals surface area (Å²) in [7, 11) is 0. The standard InChI is InChI=1S/C14H27NOS/c1-3-5-6-12(4-2)9-14(16)10-13-11-17-8-7-15-13/h12-13,15H,3-11H2,1-2H3. The zero-order valence-electron chi connectivity index (χ0n) is 11.3. The Bertz CT molecular complexity index is 214. The zero-order valence-corrected chi connectivity index (χ0v) is 12.2. The molecule has 0 amide bonds. The summed E-state index contributed by atoms with van der Waals surface area (Å²) < 4.78 is 0. The summed E-state index contributed by atoms with van der Waals surface area (Å²) in [6.45, 7) is 5.50. The summed E-state index contributed by atoms with van der Waals surface area (Å²) in [5.41, 5.74) is 0. The van der Waals surface area contributed by atoms with Gasteiger partial charge in [0.1, 0.15) is 5.78 Å².